The van der Waals surface area contributed by atoms with Gasteiger partial charge in [-0.2, -0.15) is 0 Å². The zero-order valence-electron chi connectivity index (χ0n) is 20.9. The molecule has 35 heavy (non-hydrogen) atoms. The normalized spacial score (nSPS) is 40.9. The molecule has 0 aromatic heterocycles. The zero-order valence-corrected chi connectivity index (χ0v) is 20.9. The van der Waals surface area contributed by atoms with Crippen LogP contribution in [0.5, 0.6) is 0 Å². The molecule has 0 aromatic carbocycles. The number of terminal acetylenes is 1. The van der Waals surface area contributed by atoms with Gasteiger partial charge < -0.3 is 25.5 Å². The van der Waals surface area contributed by atoms with E-state index in [0.29, 0.717) is 24.2 Å². The van der Waals surface area contributed by atoms with Crippen molar-refractivity contribution in [1.82, 2.24) is 5.32 Å². The Morgan fingerprint density at radius 2 is 1.94 bits per heavy atom. The number of carboxylic acid groups (broad SMARTS) is 1. The topological polar surface area (TPSA) is 128 Å². The summed E-state index contributed by atoms with van der Waals surface area (Å²) in [5, 5.41) is 36.1. The Morgan fingerprint density at radius 1 is 1.23 bits per heavy atom. The lowest BCUT2D eigenvalue weighted by Gasteiger charge is -2.58. The summed E-state index contributed by atoms with van der Waals surface area (Å²) in [5.74, 6) is 2.36. The van der Waals surface area contributed by atoms with Crippen LogP contribution in [0.2, 0.25) is 0 Å². The van der Waals surface area contributed by atoms with Crippen LogP contribution in [-0.2, 0) is 14.4 Å². The number of allylic oxidation sites excluding steroid dienone is 2. The van der Waals surface area contributed by atoms with Gasteiger partial charge in [-0.15, -0.1) is 6.42 Å². The van der Waals surface area contributed by atoms with Crippen LogP contribution in [0.25, 0.3) is 0 Å². The Balaban J connectivity index is 1.41. The zero-order chi connectivity index (χ0) is 25.6. The highest BCUT2D eigenvalue weighted by molar-refractivity contribution is 5.96. The largest absolute Gasteiger partial charge is 0.480 e. The van der Waals surface area contributed by atoms with Gasteiger partial charge in [0.1, 0.15) is 5.60 Å². The second-order valence-electron chi connectivity index (χ2n) is 11.5. The number of aliphatic carboxylic acids is 1. The van der Waals surface area contributed by atoms with E-state index in [9.17, 15) is 19.8 Å². The number of hydrogen-bond donors (Lipinski definition) is 4. The fraction of sp³-hybridized carbons (Fsp3) is 0.741. The number of nitrogens with zero attached hydrogens (tertiary/aromatic N) is 1. The number of carbonyl (C=O) groups excluding carboxylic acids is 1. The molecule has 1 amide bonds. The fourth-order valence-corrected chi connectivity index (χ4v) is 7.67. The monoisotopic (exact) mass is 486 g/mol. The maximum Gasteiger partial charge on any atom is 0.328 e. The Labute approximate surface area is 207 Å². The third kappa shape index (κ3) is 4.27. The molecule has 8 heteroatoms. The number of aliphatic hydroxyl groups is 2. The van der Waals surface area contributed by atoms with Gasteiger partial charge in [-0.05, 0) is 87.5 Å². The van der Waals surface area contributed by atoms with Crippen LogP contribution < -0.4 is 5.32 Å². The molecule has 0 aliphatic heterocycles. The van der Waals surface area contributed by atoms with Crippen LogP contribution in [-0.4, -0.2) is 57.3 Å². The molecule has 0 unspecified atom stereocenters. The lowest BCUT2D eigenvalue weighted by molar-refractivity contribution is -0.145. The minimum atomic E-state index is -1.39. The molecule has 3 saturated carbocycles. The first kappa shape index (κ1) is 25.7. The number of oxime groups is 1. The molecule has 0 bridgehead atoms. The van der Waals surface area contributed by atoms with Gasteiger partial charge in [0.25, 0.3) is 5.91 Å². The van der Waals surface area contributed by atoms with Gasteiger partial charge in [-0.1, -0.05) is 30.5 Å². The molecule has 8 atom stereocenters. The van der Waals surface area contributed by atoms with Crippen LogP contribution in [0, 0.1) is 40.9 Å². The van der Waals surface area contributed by atoms with Crippen molar-refractivity contribution in [3.8, 4) is 12.3 Å². The average Bonchev–Trinajstić information content (AvgIpc) is 3.08. The lowest BCUT2D eigenvalue weighted by atomic mass is 9.46. The van der Waals surface area contributed by atoms with E-state index in [1.54, 1.807) is 0 Å². The molecule has 8 nitrogen and oxygen atoms in total. The lowest BCUT2D eigenvalue weighted by Crippen LogP contribution is -2.54. The van der Waals surface area contributed by atoms with E-state index in [1.807, 2.05) is 0 Å². The standard InChI is InChI=1S/C27H38N2O6/c1-5-27(34)13-10-21-19-7-6-17-14-18(8-11-25(17,3)20(19)9-12-26(21,27)4)29-35-15-22(31)28-23(16(2)30)24(32)33/h1,14,16,19-21,23,30,34H,6-13,15H2,2-4H3,(H,28,31)(H,32,33)/b29-18-/t16-,19+,20-,21-,23-,25-,26-,27+/m0/s1. The molecule has 0 heterocycles. The SMILES string of the molecule is C#C[C@@]1(O)CC[C@H]2[C@@H]3CCC4=C/C(=N\OCC(=O)N[C@H](C(=O)O)[C@H](C)O)CC[C@]4(C)[C@H]3CC[C@@]21C. The van der Waals surface area contributed by atoms with E-state index in [4.69, 9.17) is 16.4 Å². The number of carboxylic acids is 1. The van der Waals surface area contributed by atoms with Crippen LogP contribution >= 0.6 is 0 Å². The molecule has 0 radical (unpaired) electrons. The number of hydrogen-bond acceptors (Lipinski definition) is 6. The molecular weight excluding hydrogens is 448 g/mol. The molecular formula is C27H38N2O6. The van der Waals surface area contributed by atoms with Crippen LogP contribution in [0.15, 0.2) is 16.8 Å². The Bertz CT molecular complexity index is 983. The molecule has 4 aliphatic carbocycles. The second kappa shape index (κ2) is 9.25. The third-order valence-electron chi connectivity index (χ3n) is 9.81. The predicted molar refractivity (Wildman–Crippen MR) is 130 cm³/mol. The molecule has 0 aromatic rings. The summed E-state index contributed by atoms with van der Waals surface area (Å²) in [6.45, 7) is 5.46. The van der Waals surface area contributed by atoms with Crippen molar-refractivity contribution in [2.45, 2.75) is 89.9 Å². The Kier molecular flexibility index (Phi) is 6.80. The first-order valence-corrected chi connectivity index (χ1v) is 12.8. The molecule has 4 N–H and O–H groups in total. The van der Waals surface area contributed by atoms with Crippen LogP contribution in [0.4, 0.5) is 0 Å². The summed E-state index contributed by atoms with van der Waals surface area (Å²) in [6, 6.07) is -1.39. The van der Waals surface area contributed by atoms with Gasteiger partial charge in [-0.25, -0.2) is 4.79 Å². The highest BCUT2D eigenvalue weighted by atomic mass is 16.6. The minimum Gasteiger partial charge on any atom is -0.480 e. The summed E-state index contributed by atoms with van der Waals surface area (Å²) >= 11 is 0. The number of amides is 1. The van der Waals surface area contributed by atoms with Gasteiger partial charge in [0.15, 0.2) is 12.6 Å². The van der Waals surface area contributed by atoms with Crippen LogP contribution in [0.3, 0.4) is 0 Å². The van der Waals surface area contributed by atoms with Gasteiger partial charge in [0, 0.05) is 5.41 Å². The highest BCUT2D eigenvalue weighted by Gasteiger charge is 2.63. The van der Waals surface area contributed by atoms with E-state index < -0.39 is 36.2 Å². The van der Waals surface area contributed by atoms with Crippen molar-refractivity contribution in [2.75, 3.05) is 6.61 Å². The Morgan fingerprint density at radius 3 is 2.60 bits per heavy atom. The van der Waals surface area contributed by atoms with E-state index in [-0.39, 0.29) is 10.8 Å². The molecule has 0 spiro atoms. The highest BCUT2D eigenvalue weighted by Crippen LogP contribution is 2.67. The van der Waals surface area contributed by atoms with Crippen molar-refractivity contribution >= 4 is 17.6 Å². The molecule has 192 valence electrons. The summed E-state index contributed by atoms with van der Waals surface area (Å²) in [7, 11) is 0. The maximum absolute atomic E-state index is 12.0. The van der Waals surface area contributed by atoms with E-state index in [1.165, 1.54) is 12.5 Å². The van der Waals surface area contributed by atoms with Gasteiger partial charge in [-0.3, -0.25) is 4.79 Å². The first-order valence-electron chi connectivity index (χ1n) is 12.8. The summed E-state index contributed by atoms with van der Waals surface area (Å²) < 4.78 is 0. The quantitative estimate of drug-likeness (QED) is 0.338. The molecule has 3 fully saturated rings. The van der Waals surface area contributed by atoms with Crippen molar-refractivity contribution in [2.24, 2.45) is 33.7 Å². The van der Waals surface area contributed by atoms with Gasteiger partial charge >= 0.3 is 5.97 Å². The van der Waals surface area contributed by atoms with Crippen molar-refractivity contribution < 1.29 is 29.7 Å². The summed E-state index contributed by atoms with van der Waals surface area (Å²) in [6.07, 6.45) is 14.1. The van der Waals surface area contributed by atoms with Crippen molar-refractivity contribution in [3.05, 3.63) is 11.6 Å². The Hall–Kier alpha value is -2.37. The first-order chi connectivity index (χ1) is 16.4. The predicted octanol–water partition coefficient (Wildman–Crippen LogP) is 2.64. The third-order valence-corrected chi connectivity index (χ3v) is 9.81. The minimum absolute atomic E-state index is 0.0868. The smallest absolute Gasteiger partial charge is 0.328 e. The van der Waals surface area contributed by atoms with Crippen molar-refractivity contribution in [3.63, 3.8) is 0 Å². The summed E-state index contributed by atoms with van der Waals surface area (Å²) in [4.78, 5) is 28.3. The van der Waals surface area contributed by atoms with E-state index in [0.717, 1.165) is 50.7 Å². The maximum atomic E-state index is 12.0. The van der Waals surface area contributed by atoms with Gasteiger partial charge in [0.2, 0.25) is 0 Å². The van der Waals surface area contributed by atoms with Crippen molar-refractivity contribution in [1.29, 1.82) is 0 Å². The fourth-order valence-electron chi connectivity index (χ4n) is 7.67. The molecule has 0 saturated heterocycles. The molecule has 4 aliphatic rings. The number of nitrogens with one attached hydrogen (secondary N) is 1. The summed E-state index contributed by atoms with van der Waals surface area (Å²) in [5.41, 5.74) is 1.06. The van der Waals surface area contributed by atoms with Crippen LogP contribution in [0.1, 0.15) is 72.1 Å². The number of aliphatic hydroxyl groups excluding tert-OH is 1. The van der Waals surface area contributed by atoms with Gasteiger partial charge in [0.05, 0.1) is 11.8 Å². The average molecular weight is 487 g/mol. The second-order valence-corrected chi connectivity index (χ2v) is 11.5. The number of carbonyl (C=O) groups is 2. The number of rotatable bonds is 6. The number of fused-ring (bicyclic) bond motifs is 5. The van der Waals surface area contributed by atoms with E-state index >= 15 is 0 Å². The molecule has 4 rings (SSSR count). The van der Waals surface area contributed by atoms with E-state index in [2.05, 4.69) is 36.3 Å².